The normalized spacial score (nSPS) is 11.7. The molecule has 0 aliphatic rings. The van der Waals surface area contributed by atoms with Gasteiger partial charge in [0.25, 0.3) is 5.91 Å². The summed E-state index contributed by atoms with van der Waals surface area (Å²) in [6, 6.07) is 2.67. The second-order valence-corrected chi connectivity index (χ2v) is 4.66. The van der Waals surface area contributed by atoms with E-state index in [9.17, 15) is 9.59 Å². The standard InChI is InChI=1S/C12H16BrN3O3/c1-8(11(17)14-5-6-19-2)16-12(18)9-3-4-10(13)15-7-9/h3-4,7-8H,5-6H2,1-2H3,(H,14,17)(H,16,18). The Bertz CT molecular complexity index is 436. The molecule has 0 saturated carbocycles. The van der Waals surface area contributed by atoms with Gasteiger partial charge in [0, 0.05) is 19.9 Å². The average Bonchev–Trinajstić information content (AvgIpc) is 2.39. The predicted molar refractivity (Wildman–Crippen MR) is 73.8 cm³/mol. The number of nitrogens with one attached hydrogen (secondary N) is 2. The Labute approximate surface area is 120 Å². The van der Waals surface area contributed by atoms with Crippen molar-refractivity contribution in [1.29, 1.82) is 0 Å². The molecule has 2 N–H and O–H groups in total. The van der Waals surface area contributed by atoms with Crippen LogP contribution in [-0.4, -0.2) is 43.1 Å². The van der Waals surface area contributed by atoms with Crippen LogP contribution in [0, 0.1) is 0 Å². The summed E-state index contributed by atoms with van der Waals surface area (Å²) in [6.45, 7) is 2.46. The summed E-state index contributed by atoms with van der Waals surface area (Å²) >= 11 is 3.19. The maximum Gasteiger partial charge on any atom is 0.253 e. The van der Waals surface area contributed by atoms with E-state index in [0.717, 1.165) is 0 Å². The van der Waals surface area contributed by atoms with Crippen LogP contribution in [0.3, 0.4) is 0 Å². The summed E-state index contributed by atoms with van der Waals surface area (Å²) < 4.78 is 5.47. The molecular weight excluding hydrogens is 314 g/mol. The van der Waals surface area contributed by atoms with Crippen LogP contribution in [0.5, 0.6) is 0 Å². The van der Waals surface area contributed by atoms with Crippen molar-refractivity contribution in [2.45, 2.75) is 13.0 Å². The van der Waals surface area contributed by atoms with Gasteiger partial charge < -0.3 is 15.4 Å². The van der Waals surface area contributed by atoms with Crippen LogP contribution in [-0.2, 0) is 9.53 Å². The minimum absolute atomic E-state index is 0.254. The Morgan fingerprint density at radius 1 is 1.47 bits per heavy atom. The first kappa shape index (κ1) is 15.6. The maximum absolute atomic E-state index is 11.8. The highest BCUT2D eigenvalue weighted by Gasteiger charge is 2.16. The quantitative estimate of drug-likeness (QED) is 0.595. The molecule has 7 heteroatoms. The number of ether oxygens (including phenoxy) is 1. The van der Waals surface area contributed by atoms with Crippen molar-refractivity contribution < 1.29 is 14.3 Å². The molecule has 104 valence electrons. The van der Waals surface area contributed by atoms with Crippen LogP contribution in [0.2, 0.25) is 0 Å². The number of aromatic nitrogens is 1. The van der Waals surface area contributed by atoms with Crippen LogP contribution in [0.4, 0.5) is 0 Å². The highest BCUT2D eigenvalue weighted by Crippen LogP contribution is 2.06. The van der Waals surface area contributed by atoms with Crippen molar-refractivity contribution in [2.75, 3.05) is 20.3 Å². The summed E-state index contributed by atoms with van der Waals surface area (Å²) in [5, 5.41) is 5.24. The molecule has 0 spiro atoms. The molecule has 0 saturated heterocycles. The molecule has 1 aromatic heterocycles. The summed E-state index contributed by atoms with van der Waals surface area (Å²) in [5.74, 6) is -0.593. The molecule has 1 rings (SSSR count). The number of pyridine rings is 1. The van der Waals surface area contributed by atoms with Crippen LogP contribution in [0.15, 0.2) is 22.9 Å². The number of carbonyl (C=O) groups is 2. The van der Waals surface area contributed by atoms with E-state index in [4.69, 9.17) is 4.74 Å². The van der Waals surface area contributed by atoms with Crippen LogP contribution < -0.4 is 10.6 Å². The van der Waals surface area contributed by atoms with E-state index in [2.05, 4.69) is 31.5 Å². The summed E-state index contributed by atoms with van der Waals surface area (Å²) in [5.41, 5.74) is 0.403. The zero-order chi connectivity index (χ0) is 14.3. The van der Waals surface area contributed by atoms with E-state index < -0.39 is 6.04 Å². The molecule has 0 aliphatic carbocycles. The van der Waals surface area contributed by atoms with Gasteiger partial charge in [-0.1, -0.05) is 0 Å². The Morgan fingerprint density at radius 3 is 2.79 bits per heavy atom. The van der Waals surface area contributed by atoms with Crippen LogP contribution in [0.1, 0.15) is 17.3 Å². The number of nitrogens with zero attached hydrogens (tertiary/aromatic N) is 1. The lowest BCUT2D eigenvalue weighted by molar-refractivity contribution is -0.122. The van der Waals surface area contributed by atoms with Gasteiger partial charge in [0.15, 0.2) is 0 Å². The first-order chi connectivity index (χ1) is 9.04. The fourth-order valence-corrected chi connectivity index (χ4v) is 1.52. The van der Waals surface area contributed by atoms with Gasteiger partial charge in [0.05, 0.1) is 12.2 Å². The SMILES string of the molecule is COCCNC(=O)C(C)NC(=O)c1ccc(Br)nc1. The zero-order valence-electron chi connectivity index (χ0n) is 10.8. The van der Waals surface area contributed by atoms with Gasteiger partial charge >= 0.3 is 0 Å². The third-order valence-electron chi connectivity index (χ3n) is 2.34. The number of rotatable bonds is 6. The van der Waals surface area contributed by atoms with Gasteiger partial charge in [-0.15, -0.1) is 0 Å². The van der Waals surface area contributed by atoms with E-state index in [1.807, 2.05) is 0 Å². The number of methoxy groups -OCH3 is 1. The number of halogens is 1. The van der Waals surface area contributed by atoms with Crippen molar-refractivity contribution in [3.63, 3.8) is 0 Å². The smallest absolute Gasteiger partial charge is 0.253 e. The average molecular weight is 330 g/mol. The van der Waals surface area contributed by atoms with E-state index in [1.165, 1.54) is 6.20 Å². The molecule has 1 heterocycles. The predicted octanol–water partition coefficient (Wildman–Crippen LogP) is 0.725. The molecule has 2 amide bonds. The molecule has 0 radical (unpaired) electrons. The lowest BCUT2D eigenvalue weighted by atomic mass is 10.2. The minimum Gasteiger partial charge on any atom is -0.383 e. The molecule has 19 heavy (non-hydrogen) atoms. The fourth-order valence-electron chi connectivity index (χ4n) is 1.29. The minimum atomic E-state index is -0.618. The van der Waals surface area contributed by atoms with Gasteiger partial charge in [-0.25, -0.2) is 4.98 Å². The second-order valence-electron chi connectivity index (χ2n) is 3.85. The van der Waals surface area contributed by atoms with Crippen molar-refractivity contribution >= 4 is 27.7 Å². The first-order valence-electron chi connectivity index (χ1n) is 5.73. The molecule has 1 atom stereocenters. The molecule has 1 aromatic rings. The molecule has 0 bridgehead atoms. The highest BCUT2D eigenvalue weighted by molar-refractivity contribution is 9.10. The summed E-state index contributed by atoms with van der Waals surface area (Å²) in [6.07, 6.45) is 1.44. The summed E-state index contributed by atoms with van der Waals surface area (Å²) in [4.78, 5) is 27.4. The molecular formula is C12H16BrN3O3. The molecule has 0 fully saturated rings. The molecule has 6 nitrogen and oxygen atoms in total. The van der Waals surface area contributed by atoms with Gasteiger partial charge in [0.1, 0.15) is 10.6 Å². The van der Waals surface area contributed by atoms with Crippen molar-refractivity contribution in [3.8, 4) is 0 Å². The van der Waals surface area contributed by atoms with E-state index in [1.54, 1.807) is 26.2 Å². The topological polar surface area (TPSA) is 80.3 Å². The Kier molecular flexibility index (Phi) is 6.44. The highest BCUT2D eigenvalue weighted by atomic mass is 79.9. The molecule has 0 aromatic carbocycles. The van der Waals surface area contributed by atoms with E-state index in [-0.39, 0.29) is 11.8 Å². The van der Waals surface area contributed by atoms with Crippen molar-refractivity contribution in [1.82, 2.24) is 15.6 Å². The first-order valence-corrected chi connectivity index (χ1v) is 6.53. The number of amides is 2. The molecule has 0 aliphatic heterocycles. The lowest BCUT2D eigenvalue weighted by Crippen LogP contribution is -2.45. The fraction of sp³-hybridized carbons (Fsp3) is 0.417. The van der Waals surface area contributed by atoms with Crippen LogP contribution >= 0.6 is 15.9 Å². The maximum atomic E-state index is 11.8. The van der Waals surface area contributed by atoms with E-state index >= 15 is 0 Å². The zero-order valence-corrected chi connectivity index (χ0v) is 12.4. The van der Waals surface area contributed by atoms with Crippen LogP contribution in [0.25, 0.3) is 0 Å². The number of hydrogen-bond donors (Lipinski definition) is 2. The van der Waals surface area contributed by atoms with Gasteiger partial charge in [-0.3, -0.25) is 9.59 Å². The lowest BCUT2D eigenvalue weighted by Gasteiger charge is -2.13. The van der Waals surface area contributed by atoms with Gasteiger partial charge in [0.2, 0.25) is 5.91 Å². The van der Waals surface area contributed by atoms with Crippen molar-refractivity contribution in [2.24, 2.45) is 0 Å². The van der Waals surface area contributed by atoms with Crippen molar-refractivity contribution in [3.05, 3.63) is 28.5 Å². The third kappa shape index (κ3) is 5.35. The Morgan fingerprint density at radius 2 is 2.21 bits per heavy atom. The Hall–Kier alpha value is -1.47. The summed E-state index contributed by atoms with van der Waals surface area (Å²) in [7, 11) is 1.55. The largest absolute Gasteiger partial charge is 0.383 e. The van der Waals surface area contributed by atoms with Gasteiger partial charge in [-0.05, 0) is 35.0 Å². The van der Waals surface area contributed by atoms with Gasteiger partial charge in [-0.2, -0.15) is 0 Å². The number of hydrogen-bond acceptors (Lipinski definition) is 4. The molecule has 1 unspecified atom stereocenters. The second kappa shape index (κ2) is 7.85. The van der Waals surface area contributed by atoms with E-state index in [0.29, 0.717) is 23.3 Å². The monoisotopic (exact) mass is 329 g/mol. The number of carbonyl (C=O) groups excluding carboxylic acids is 2. The third-order valence-corrected chi connectivity index (χ3v) is 2.80. The Balaban J connectivity index is 2.47.